The van der Waals surface area contributed by atoms with Gasteiger partial charge in [0.15, 0.2) is 27.8 Å². The van der Waals surface area contributed by atoms with Crippen molar-refractivity contribution in [1.82, 2.24) is 4.57 Å². The van der Waals surface area contributed by atoms with E-state index in [-0.39, 0.29) is 17.7 Å². The number of carbonyl (C=O) groups excluding carboxylic acids is 1. The molecule has 4 rings (SSSR count). The lowest BCUT2D eigenvalue weighted by atomic mass is 9.95. The predicted octanol–water partition coefficient (Wildman–Crippen LogP) is 4.26. The number of nitrogens with zero attached hydrogens (tertiary/aromatic N) is 2. The van der Waals surface area contributed by atoms with E-state index in [9.17, 15) is 9.59 Å². The van der Waals surface area contributed by atoms with E-state index in [2.05, 4.69) is 18.8 Å². The molecule has 0 unspecified atom stereocenters. The molecule has 0 bridgehead atoms. The number of hydrogen-bond donors (Lipinski definition) is 0. The molecule has 0 aliphatic carbocycles. The molecule has 2 aromatic carbocycles. The maximum absolute atomic E-state index is 14.1. The second kappa shape index (κ2) is 13.8. The Bertz CT molecular complexity index is 1680. The number of aromatic nitrogens is 1. The molecule has 0 spiro atoms. The number of allylic oxidation sites excluding steroid dienone is 1. The smallest absolute Gasteiger partial charge is 0.338 e. The molecule has 1 aliphatic heterocycles. The van der Waals surface area contributed by atoms with Crippen LogP contribution in [0.1, 0.15) is 51.8 Å². The maximum atomic E-state index is 14.1. The van der Waals surface area contributed by atoms with Crippen LogP contribution in [-0.2, 0) is 9.53 Å². The summed E-state index contributed by atoms with van der Waals surface area (Å²) in [6, 6.07) is 8.18. The largest absolute Gasteiger partial charge is 0.493 e. The summed E-state index contributed by atoms with van der Waals surface area (Å²) in [6.07, 6.45) is 1.79. The number of rotatable bonds is 12. The standard InChI is InChI=1S/C32H38N2O8S/c1-9-40-23-13-20(11-12-22(23)42-17-18(3)4)14-26-30(35)34-28(21-15-24(37-6)29(39-8)25(16-21)38-7)27(31(36)41-10-2)19(5)33-32(34)43-26/h11-16,18,28H,9-10,17H2,1-8H3/b26-14-/t28-/m0/s1. The van der Waals surface area contributed by atoms with E-state index < -0.39 is 12.0 Å². The molecule has 0 radical (unpaired) electrons. The number of carbonyl (C=O) groups is 1. The molecule has 0 amide bonds. The first-order valence-electron chi connectivity index (χ1n) is 14.1. The first kappa shape index (κ1) is 31.7. The number of thiazole rings is 1. The summed E-state index contributed by atoms with van der Waals surface area (Å²) in [5, 5.41) is 0. The van der Waals surface area contributed by atoms with Crippen molar-refractivity contribution >= 4 is 23.4 Å². The quantitative estimate of drug-likeness (QED) is 0.280. The van der Waals surface area contributed by atoms with Gasteiger partial charge in [-0.1, -0.05) is 31.3 Å². The fourth-order valence-corrected chi connectivity index (χ4v) is 5.82. The highest BCUT2D eigenvalue weighted by atomic mass is 32.1. The summed E-state index contributed by atoms with van der Waals surface area (Å²) < 4.78 is 35.8. The third-order valence-corrected chi connectivity index (χ3v) is 7.64. The Morgan fingerprint density at radius 2 is 1.67 bits per heavy atom. The number of benzene rings is 2. The van der Waals surface area contributed by atoms with E-state index in [0.29, 0.717) is 68.5 Å². The molecule has 3 aromatic rings. The van der Waals surface area contributed by atoms with Gasteiger partial charge in [-0.25, -0.2) is 9.79 Å². The average Bonchev–Trinajstić information content (AvgIpc) is 3.28. The monoisotopic (exact) mass is 610 g/mol. The molecule has 230 valence electrons. The molecule has 2 heterocycles. The van der Waals surface area contributed by atoms with Gasteiger partial charge in [-0.05, 0) is 68.2 Å². The molecular weight excluding hydrogens is 572 g/mol. The topological polar surface area (TPSA) is 107 Å². The lowest BCUT2D eigenvalue weighted by molar-refractivity contribution is -0.139. The number of hydrogen-bond acceptors (Lipinski definition) is 10. The number of fused-ring (bicyclic) bond motifs is 1. The van der Waals surface area contributed by atoms with Crippen LogP contribution >= 0.6 is 11.3 Å². The van der Waals surface area contributed by atoms with Crippen LogP contribution in [0.5, 0.6) is 28.7 Å². The average molecular weight is 611 g/mol. The van der Waals surface area contributed by atoms with Gasteiger partial charge in [-0.2, -0.15) is 0 Å². The van der Waals surface area contributed by atoms with Gasteiger partial charge >= 0.3 is 5.97 Å². The van der Waals surface area contributed by atoms with Crippen molar-refractivity contribution in [1.29, 1.82) is 0 Å². The minimum atomic E-state index is -0.850. The molecule has 43 heavy (non-hydrogen) atoms. The van der Waals surface area contributed by atoms with E-state index in [1.807, 2.05) is 25.1 Å². The van der Waals surface area contributed by atoms with Crippen molar-refractivity contribution in [3.05, 3.63) is 72.4 Å². The van der Waals surface area contributed by atoms with Crippen LogP contribution in [0.25, 0.3) is 6.08 Å². The molecule has 1 aliphatic rings. The Hall–Kier alpha value is -4.25. The van der Waals surface area contributed by atoms with E-state index in [1.165, 1.54) is 37.2 Å². The van der Waals surface area contributed by atoms with E-state index in [1.54, 1.807) is 32.1 Å². The van der Waals surface area contributed by atoms with Crippen LogP contribution in [0.2, 0.25) is 0 Å². The lowest BCUT2D eigenvalue weighted by Crippen LogP contribution is -2.40. The summed E-state index contributed by atoms with van der Waals surface area (Å²) in [7, 11) is 4.53. The third-order valence-electron chi connectivity index (χ3n) is 6.66. The predicted molar refractivity (Wildman–Crippen MR) is 164 cm³/mol. The summed E-state index contributed by atoms with van der Waals surface area (Å²) in [4.78, 5) is 32.5. The van der Waals surface area contributed by atoms with Crippen molar-refractivity contribution in [2.75, 3.05) is 41.2 Å². The van der Waals surface area contributed by atoms with Crippen molar-refractivity contribution in [2.24, 2.45) is 10.9 Å². The summed E-state index contributed by atoms with van der Waals surface area (Å²) in [5.74, 6) is 2.21. The molecule has 11 heteroatoms. The Morgan fingerprint density at radius 1 is 0.977 bits per heavy atom. The number of ether oxygens (including phenoxy) is 6. The van der Waals surface area contributed by atoms with Crippen molar-refractivity contribution in [3.8, 4) is 28.7 Å². The van der Waals surface area contributed by atoms with Gasteiger partial charge in [0.1, 0.15) is 0 Å². The highest BCUT2D eigenvalue weighted by molar-refractivity contribution is 7.07. The van der Waals surface area contributed by atoms with Crippen molar-refractivity contribution in [3.63, 3.8) is 0 Å². The van der Waals surface area contributed by atoms with Gasteiger partial charge < -0.3 is 28.4 Å². The fourth-order valence-electron chi connectivity index (χ4n) is 4.78. The van der Waals surface area contributed by atoms with Crippen LogP contribution in [0.15, 0.2) is 51.4 Å². The zero-order valence-corrected chi connectivity index (χ0v) is 26.6. The van der Waals surface area contributed by atoms with E-state index in [4.69, 9.17) is 28.4 Å². The zero-order chi connectivity index (χ0) is 31.3. The normalized spacial score (nSPS) is 14.7. The molecule has 10 nitrogen and oxygen atoms in total. The first-order valence-corrected chi connectivity index (χ1v) is 14.9. The Labute approximate surface area is 254 Å². The number of esters is 1. The third kappa shape index (κ3) is 6.56. The highest BCUT2D eigenvalue weighted by Crippen LogP contribution is 2.42. The van der Waals surface area contributed by atoms with Crippen molar-refractivity contribution in [2.45, 2.75) is 40.7 Å². The van der Waals surface area contributed by atoms with E-state index in [0.717, 1.165) is 5.56 Å². The van der Waals surface area contributed by atoms with Crippen molar-refractivity contribution < 1.29 is 33.2 Å². The second-order valence-corrected chi connectivity index (χ2v) is 11.1. The van der Waals surface area contributed by atoms with Crippen LogP contribution in [0.4, 0.5) is 0 Å². The molecule has 1 aromatic heterocycles. The van der Waals surface area contributed by atoms with Gasteiger partial charge in [0.05, 0.1) is 63.0 Å². The van der Waals surface area contributed by atoms with Gasteiger partial charge in [0.2, 0.25) is 5.75 Å². The Kier molecular flexibility index (Phi) is 10.2. The summed E-state index contributed by atoms with van der Waals surface area (Å²) in [6.45, 7) is 10.7. The minimum absolute atomic E-state index is 0.168. The summed E-state index contributed by atoms with van der Waals surface area (Å²) >= 11 is 1.23. The van der Waals surface area contributed by atoms with E-state index >= 15 is 0 Å². The Balaban J connectivity index is 1.92. The van der Waals surface area contributed by atoms with Crippen LogP contribution < -0.4 is 38.6 Å². The Morgan fingerprint density at radius 3 is 2.26 bits per heavy atom. The first-order chi connectivity index (χ1) is 20.7. The van der Waals surface area contributed by atoms with Gasteiger partial charge in [-0.3, -0.25) is 9.36 Å². The lowest BCUT2D eigenvalue weighted by Gasteiger charge is -2.26. The van der Waals surface area contributed by atoms with Gasteiger partial charge in [0.25, 0.3) is 5.56 Å². The van der Waals surface area contributed by atoms with Gasteiger partial charge in [0, 0.05) is 0 Å². The second-order valence-electron chi connectivity index (χ2n) is 10.1. The summed E-state index contributed by atoms with van der Waals surface area (Å²) in [5.41, 5.74) is 1.73. The van der Waals surface area contributed by atoms with Crippen LogP contribution in [0, 0.1) is 5.92 Å². The fraction of sp³-hybridized carbons (Fsp3) is 0.406. The molecule has 0 saturated heterocycles. The minimum Gasteiger partial charge on any atom is -0.493 e. The SMILES string of the molecule is CCOC(=O)C1=C(C)N=c2s/c(=C\c3ccc(OCC(C)C)c(OCC)c3)c(=O)n2[C@H]1c1cc(OC)c(OC)c(OC)c1. The van der Waals surface area contributed by atoms with Crippen LogP contribution in [-0.4, -0.2) is 51.7 Å². The maximum Gasteiger partial charge on any atom is 0.338 e. The molecule has 0 saturated carbocycles. The molecular formula is C32H38N2O8S. The van der Waals surface area contributed by atoms with Gasteiger partial charge in [-0.15, -0.1) is 0 Å². The number of methoxy groups -OCH3 is 3. The molecule has 0 fully saturated rings. The zero-order valence-electron chi connectivity index (χ0n) is 25.8. The molecule has 1 atom stereocenters. The molecule has 0 N–H and O–H groups in total. The van der Waals surface area contributed by atoms with Crippen LogP contribution in [0.3, 0.4) is 0 Å². The highest BCUT2D eigenvalue weighted by Gasteiger charge is 2.34.